The second kappa shape index (κ2) is 12.3. The second-order valence-corrected chi connectivity index (χ2v) is 11.1. The first kappa shape index (κ1) is 31.1. The summed E-state index contributed by atoms with van der Waals surface area (Å²) in [6.07, 6.45) is -1.15. The van der Waals surface area contributed by atoms with Crippen LogP contribution in [0.1, 0.15) is 54.0 Å². The molecule has 0 saturated heterocycles. The fraction of sp³-hybridized carbons (Fsp3) is 0.500. The van der Waals surface area contributed by atoms with E-state index in [1.54, 1.807) is 13.8 Å². The lowest BCUT2D eigenvalue weighted by Gasteiger charge is -2.27. The van der Waals surface area contributed by atoms with E-state index < -0.39 is 54.1 Å². The summed E-state index contributed by atoms with van der Waals surface area (Å²) >= 11 is 0. The van der Waals surface area contributed by atoms with Crippen molar-refractivity contribution in [3.05, 3.63) is 47.2 Å². The number of pyridine rings is 1. The molecule has 236 valence electrons. The summed E-state index contributed by atoms with van der Waals surface area (Å²) in [6.45, 7) is 2.58. The maximum absolute atomic E-state index is 15.1. The Morgan fingerprint density at radius 2 is 1.80 bits per heavy atom. The normalized spacial score (nSPS) is 15.7. The summed E-state index contributed by atoms with van der Waals surface area (Å²) in [5.41, 5.74) is 1.44. The van der Waals surface area contributed by atoms with Crippen molar-refractivity contribution in [2.24, 2.45) is 17.8 Å². The average molecular weight is 624 g/mol. The van der Waals surface area contributed by atoms with Gasteiger partial charge in [-0.25, -0.2) is 14.2 Å². The SMILES string of the molecule is Cc1n[nH]c(C)c1-c1ccc(NC(=O)C(NC(=O)c2c(F)cnn2CCCOC(=O)C(F)(F)F)C(C2CC2)C2CC2)nc1F. The van der Waals surface area contributed by atoms with Crippen LogP contribution in [-0.2, 0) is 20.9 Å². The van der Waals surface area contributed by atoms with Crippen molar-refractivity contribution in [2.45, 2.75) is 64.7 Å². The van der Waals surface area contributed by atoms with E-state index in [1.165, 1.54) is 12.1 Å². The Kier molecular flexibility index (Phi) is 8.70. The Morgan fingerprint density at radius 3 is 2.36 bits per heavy atom. The van der Waals surface area contributed by atoms with Crippen LogP contribution >= 0.6 is 0 Å². The monoisotopic (exact) mass is 623 g/mol. The van der Waals surface area contributed by atoms with Gasteiger partial charge in [-0.1, -0.05) is 0 Å². The molecular formula is C28H30F5N7O4. The molecule has 44 heavy (non-hydrogen) atoms. The standard InChI is InChI=1S/C28H30F5N7O4/c1-13-20(14(2)39-38-13)17-8-9-19(35-24(17)30)36-25(41)22(21(15-4-5-15)16-6-7-16)37-26(42)23-18(29)12-34-40(23)10-3-11-44-27(43)28(31,32)33/h8-9,12,15-16,21-22H,3-7,10-11H2,1-2H3,(H,37,42)(H,38,39)(H,35,36,41). The lowest BCUT2D eigenvalue weighted by Crippen LogP contribution is -2.50. The second-order valence-electron chi connectivity index (χ2n) is 11.1. The highest BCUT2D eigenvalue weighted by molar-refractivity contribution is 6.00. The highest BCUT2D eigenvalue weighted by atomic mass is 19.4. The van der Waals surface area contributed by atoms with E-state index in [0.29, 0.717) is 17.0 Å². The maximum atomic E-state index is 15.1. The number of halogens is 5. The van der Waals surface area contributed by atoms with Crippen molar-refractivity contribution < 1.29 is 41.1 Å². The molecule has 3 aromatic heterocycles. The molecule has 0 aliphatic heterocycles. The molecule has 2 aliphatic rings. The number of esters is 1. The molecule has 3 heterocycles. The third kappa shape index (κ3) is 6.89. The zero-order valence-corrected chi connectivity index (χ0v) is 23.8. The fourth-order valence-corrected chi connectivity index (χ4v) is 5.50. The molecule has 3 aromatic rings. The first-order valence-electron chi connectivity index (χ1n) is 14.1. The average Bonchev–Trinajstić information content (AvgIpc) is 3.89. The Bertz CT molecular complexity index is 1530. The number of aromatic amines is 1. The van der Waals surface area contributed by atoms with Gasteiger partial charge in [-0.15, -0.1) is 0 Å². The molecule has 5 rings (SSSR count). The Balaban J connectivity index is 1.31. The van der Waals surface area contributed by atoms with Crippen molar-refractivity contribution in [1.29, 1.82) is 0 Å². The van der Waals surface area contributed by atoms with Crippen molar-refractivity contribution in [2.75, 3.05) is 11.9 Å². The van der Waals surface area contributed by atoms with E-state index in [-0.39, 0.29) is 42.1 Å². The molecule has 2 fully saturated rings. The van der Waals surface area contributed by atoms with Crippen molar-refractivity contribution in [3.8, 4) is 11.1 Å². The first-order chi connectivity index (χ1) is 20.8. The topological polar surface area (TPSA) is 144 Å². The summed E-state index contributed by atoms with van der Waals surface area (Å²) < 4.78 is 71.9. The molecule has 1 unspecified atom stereocenters. The number of alkyl halides is 3. The van der Waals surface area contributed by atoms with Crippen molar-refractivity contribution in [3.63, 3.8) is 0 Å². The largest absolute Gasteiger partial charge is 0.490 e. The van der Waals surface area contributed by atoms with Crippen molar-refractivity contribution in [1.82, 2.24) is 30.3 Å². The number of rotatable bonds is 12. The van der Waals surface area contributed by atoms with Gasteiger partial charge in [-0.05, 0) is 69.4 Å². The van der Waals surface area contributed by atoms with Crippen molar-refractivity contribution >= 4 is 23.6 Å². The number of anilines is 1. The Morgan fingerprint density at radius 1 is 1.11 bits per heavy atom. The molecule has 3 N–H and O–H groups in total. The summed E-state index contributed by atoms with van der Waals surface area (Å²) in [7, 11) is 0. The molecule has 16 heteroatoms. The number of nitrogens with zero attached hydrogens (tertiary/aromatic N) is 4. The number of carbonyl (C=O) groups excluding carboxylic acids is 3. The van der Waals surface area contributed by atoms with Gasteiger partial charge < -0.3 is 15.4 Å². The lowest BCUT2D eigenvalue weighted by atomic mass is 9.88. The van der Waals surface area contributed by atoms with Gasteiger partial charge in [0.1, 0.15) is 11.9 Å². The number of amides is 2. The number of ether oxygens (including phenoxy) is 1. The van der Waals surface area contributed by atoms with Crippen LogP contribution < -0.4 is 10.6 Å². The van der Waals surface area contributed by atoms with Gasteiger partial charge in [0.25, 0.3) is 5.91 Å². The van der Waals surface area contributed by atoms with Gasteiger partial charge in [0.05, 0.1) is 18.5 Å². The van der Waals surface area contributed by atoms with Crippen LogP contribution in [0.3, 0.4) is 0 Å². The van der Waals surface area contributed by atoms with Gasteiger partial charge >= 0.3 is 12.1 Å². The van der Waals surface area contributed by atoms with E-state index >= 15 is 4.39 Å². The molecular weight excluding hydrogens is 593 g/mol. The molecule has 0 aromatic carbocycles. The zero-order chi connectivity index (χ0) is 31.8. The lowest BCUT2D eigenvalue weighted by molar-refractivity contribution is -0.199. The highest BCUT2D eigenvalue weighted by Crippen LogP contribution is 2.51. The predicted molar refractivity (Wildman–Crippen MR) is 144 cm³/mol. The smallest absolute Gasteiger partial charge is 0.459 e. The summed E-state index contributed by atoms with van der Waals surface area (Å²) in [5, 5.41) is 15.8. The number of nitrogens with one attached hydrogen (secondary N) is 3. The number of carbonyl (C=O) groups is 3. The number of aromatic nitrogens is 5. The van der Waals surface area contributed by atoms with E-state index in [9.17, 15) is 31.9 Å². The van der Waals surface area contributed by atoms with Crippen LogP contribution in [0.25, 0.3) is 11.1 Å². The van der Waals surface area contributed by atoms with Crippen LogP contribution in [0.5, 0.6) is 0 Å². The molecule has 0 bridgehead atoms. The minimum absolute atomic E-state index is 0.0794. The van der Waals surface area contributed by atoms with E-state index in [4.69, 9.17) is 0 Å². The van der Waals surface area contributed by atoms with Crippen LogP contribution in [-0.4, -0.2) is 61.6 Å². The van der Waals surface area contributed by atoms with Gasteiger partial charge in [-0.2, -0.15) is 27.8 Å². The quantitative estimate of drug-likeness (QED) is 0.119. The Labute approximate surface area is 247 Å². The maximum Gasteiger partial charge on any atom is 0.490 e. The summed E-state index contributed by atoms with van der Waals surface area (Å²) in [5.74, 6) is -5.81. The van der Waals surface area contributed by atoms with Crippen LogP contribution in [0.2, 0.25) is 0 Å². The minimum atomic E-state index is -5.15. The number of H-pyrrole nitrogens is 1. The third-order valence-corrected chi connectivity index (χ3v) is 7.77. The van der Waals surface area contributed by atoms with E-state index in [1.807, 2.05) is 0 Å². The number of hydrogen-bond donors (Lipinski definition) is 3. The number of aryl methyl sites for hydroxylation is 3. The molecule has 0 radical (unpaired) electrons. The first-order valence-corrected chi connectivity index (χ1v) is 14.1. The fourth-order valence-electron chi connectivity index (χ4n) is 5.50. The predicted octanol–water partition coefficient (Wildman–Crippen LogP) is 4.23. The van der Waals surface area contributed by atoms with Gasteiger partial charge in [-0.3, -0.25) is 19.4 Å². The van der Waals surface area contributed by atoms with Gasteiger partial charge in [0.2, 0.25) is 11.9 Å². The zero-order valence-electron chi connectivity index (χ0n) is 23.8. The van der Waals surface area contributed by atoms with E-state index in [0.717, 1.165) is 36.6 Å². The minimum Gasteiger partial charge on any atom is -0.459 e. The molecule has 11 nitrogen and oxygen atoms in total. The molecule has 2 aliphatic carbocycles. The molecule has 1 atom stereocenters. The summed E-state index contributed by atoms with van der Waals surface area (Å²) in [4.78, 5) is 41.8. The Hall–Kier alpha value is -4.37. The molecule has 2 saturated carbocycles. The number of hydrogen-bond acceptors (Lipinski definition) is 7. The summed E-state index contributed by atoms with van der Waals surface area (Å²) in [6, 6.07) is 1.79. The molecule has 2 amide bonds. The van der Waals surface area contributed by atoms with Crippen LogP contribution in [0, 0.1) is 43.4 Å². The molecule has 0 spiro atoms. The van der Waals surface area contributed by atoms with Gasteiger partial charge in [0, 0.05) is 29.8 Å². The highest BCUT2D eigenvalue weighted by Gasteiger charge is 2.48. The third-order valence-electron chi connectivity index (χ3n) is 7.77. The van der Waals surface area contributed by atoms with E-state index in [2.05, 4.69) is 35.7 Å². The van der Waals surface area contributed by atoms with Crippen LogP contribution in [0.15, 0.2) is 18.3 Å². The van der Waals surface area contributed by atoms with Crippen LogP contribution in [0.4, 0.5) is 27.8 Å². The van der Waals surface area contributed by atoms with Gasteiger partial charge in [0.15, 0.2) is 11.5 Å².